The predicted octanol–water partition coefficient (Wildman–Crippen LogP) is 2.34. The largest absolute Gasteiger partial charge is 0.384 e. The third-order valence-corrected chi connectivity index (χ3v) is 3.90. The highest BCUT2D eigenvalue weighted by Gasteiger charge is 2.17. The van der Waals surface area contributed by atoms with Crippen LogP contribution in [0.3, 0.4) is 0 Å². The van der Waals surface area contributed by atoms with Crippen LogP contribution in [-0.4, -0.2) is 19.1 Å². The van der Waals surface area contributed by atoms with Crippen LogP contribution in [0, 0.1) is 0 Å². The fraction of sp³-hybridized carbons (Fsp3) is 0.571. The quantitative estimate of drug-likeness (QED) is 0.807. The van der Waals surface area contributed by atoms with Crippen LogP contribution in [0.1, 0.15) is 30.4 Å². The Bertz CT molecular complexity index is 369. The Balaban J connectivity index is 1.59. The molecule has 1 fully saturated rings. The predicted molar refractivity (Wildman–Crippen MR) is 68.0 cm³/mol. The molecule has 0 radical (unpaired) electrons. The normalized spacial score (nSPS) is 19.0. The van der Waals surface area contributed by atoms with Crippen molar-refractivity contribution in [2.75, 3.05) is 18.4 Å². The van der Waals surface area contributed by atoms with Gasteiger partial charge in [-0.05, 0) is 49.4 Å². The topological polar surface area (TPSA) is 24.1 Å². The molecule has 0 amide bonds. The van der Waals surface area contributed by atoms with E-state index in [1.165, 1.54) is 43.4 Å². The van der Waals surface area contributed by atoms with Crippen LogP contribution in [-0.2, 0) is 12.8 Å². The Morgan fingerprint density at radius 3 is 3.06 bits per heavy atom. The van der Waals surface area contributed by atoms with Crippen LogP contribution in [0.2, 0.25) is 0 Å². The zero-order valence-corrected chi connectivity index (χ0v) is 9.76. The molecule has 0 bridgehead atoms. The van der Waals surface area contributed by atoms with Crippen molar-refractivity contribution in [2.24, 2.45) is 0 Å². The maximum absolute atomic E-state index is 3.64. The lowest BCUT2D eigenvalue weighted by Crippen LogP contribution is -2.36. The average molecular weight is 216 g/mol. The van der Waals surface area contributed by atoms with Crippen molar-refractivity contribution >= 4 is 5.69 Å². The van der Waals surface area contributed by atoms with Crippen LogP contribution >= 0.6 is 0 Å². The van der Waals surface area contributed by atoms with Crippen LogP contribution < -0.4 is 10.6 Å². The molecular formula is C14H20N2. The van der Waals surface area contributed by atoms with Crippen molar-refractivity contribution in [2.45, 2.75) is 38.1 Å². The summed E-state index contributed by atoms with van der Waals surface area (Å²) in [6, 6.07) is 7.48. The summed E-state index contributed by atoms with van der Waals surface area (Å²) in [6.45, 7) is 2.25. The molecular weight excluding hydrogens is 196 g/mol. The standard InChI is InChI=1S/C14H20N2/c1-3-11(7-9-15-12-4-2-5-12)13-8-10-16-14(13)6-1/h1,3,6,12,15-16H,2,4-5,7-10H2. The van der Waals surface area contributed by atoms with Crippen molar-refractivity contribution in [1.82, 2.24) is 5.32 Å². The number of anilines is 1. The monoisotopic (exact) mass is 216 g/mol. The van der Waals surface area contributed by atoms with Gasteiger partial charge in [-0.15, -0.1) is 0 Å². The summed E-state index contributed by atoms with van der Waals surface area (Å²) >= 11 is 0. The van der Waals surface area contributed by atoms with Crippen molar-refractivity contribution < 1.29 is 0 Å². The molecule has 2 nitrogen and oxygen atoms in total. The van der Waals surface area contributed by atoms with E-state index < -0.39 is 0 Å². The van der Waals surface area contributed by atoms with Gasteiger partial charge in [-0.3, -0.25) is 0 Å². The molecule has 86 valence electrons. The van der Waals surface area contributed by atoms with Crippen molar-refractivity contribution in [3.05, 3.63) is 29.3 Å². The van der Waals surface area contributed by atoms with Crippen molar-refractivity contribution in [3.8, 4) is 0 Å². The minimum atomic E-state index is 0.815. The van der Waals surface area contributed by atoms with Crippen LogP contribution in [0.25, 0.3) is 0 Å². The Labute approximate surface area is 97.4 Å². The van der Waals surface area contributed by atoms with E-state index in [2.05, 4.69) is 28.8 Å². The lowest BCUT2D eigenvalue weighted by molar-refractivity contribution is 0.342. The molecule has 16 heavy (non-hydrogen) atoms. The molecule has 1 saturated carbocycles. The maximum atomic E-state index is 3.64. The summed E-state index contributed by atoms with van der Waals surface area (Å²) in [5, 5.41) is 7.08. The van der Waals surface area contributed by atoms with Gasteiger partial charge < -0.3 is 10.6 Å². The number of nitrogens with one attached hydrogen (secondary N) is 2. The lowest BCUT2D eigenvalue weighted by Gasteiger charge is -2.26. The highest BCUT2D eigenvalue weighted by Crippen LogP contribution is 2.25. The van der Waals surface area contributed by atoms with Crippen molar-refractivity contribution in [3.63, 3.8) is 0 Å². The minimum Gasteiger partial charge on any atom is -0.384 e. The fourth-order valence-electron chi connectivity index (χ4n) is 2.68. The Kier molecular flexibility index (Phi) is 2.83. The van der Waals surface area contributed by atoms with E-state index in [1.807, 2.05) is 0 Å². The van der Waals surface area contributed by atoms with E-state index in [0.717, 1.165) is 19.1 Å². The molecule has 3 rings (SSSR count). The van der Waals surface area contributed by atoms with Crippen LogP contribution in [0.15, 0.2) is 18.2 Å². The summed E-state index contributed by atoms with van der Waals surface area (Å²) in [5.74, 6) is 0. The van der Waals surface area contributed by atoms with Gasteiger partial charge in [-0.1, -0.05) is 18.6 Å². The summed E-state index contributed by atoms with van der Waals surface area (Å²) in [4.78, 5) is 0. The molecule has 0 spiro atoms. The number of hydrogen-bond donors (Lipinski definition) is 2. The van der Waals surface area contributed by atoms with Gasteiger partial charge in [0.1, 0.15) is 0 Å². The van der Waals surface area contributed by atoms with E-state index >= 15 is 0 Å². The van der Waals surface area contributed by atoms with Crippen LogP contribution in [0.4, 0.5) is 5.69 Å². The molecule has 1 aliphatic heterocycles. The SMILES string of the molecule is c1cc(CCNC2CCC2)c2c(c1)NCC2. The molecule has 1 aromatic carbocycles. The third kappa shape index (κ3) is 1.94. The maximum Gasteiger partial charge on any atom is 0.0376 e. The molecule has 0 atom stereocenters. The van der Waals surface area contributed by atoms with E-state index in [-0.39, 0.29) is 0 Å². The zero-order chi connectivity index (χ0) is 10.8. The summed E-state index contributed by atoms with van der Waals surface area (Å²) < 4.78 is 0. The second kappa shape index (κ2) is 4.46. The van der Waals surface area contributed by atoms with E-state index in [1.54, 1.807) is 5.56 Å². The number of fused-ring (bicyclic) bond motifs is 1. The summed E-state index contributed by atoms with van der Waals surface area (Å²) in [6.07, 6.45) is 6.57. The fourth-order valence-corrected chi connectivity index (χ4v) is 2.68. The van der Waals surface area contributed by atoms with E-state index in [0.29, 0.717) is 0 Å². The molecule has 2 aliphatic rings. The molecule has 0 saturated heterocycles. The number of benzene rings is 1. The summed E-state index contributed by atoms with van der Waals surface area (Å²) in [5.41, 5.74) is 4.45. The van der Waals surface area contributed by atoms with Crippen LogP contribution in [0.5, 0.6) is 0 Å². The van der Waals surface area contributed by atoms with Crippen molar-refractivity contribution in [1.29, 1.82) is 0 Å². The second-order valence-corrected chi connectivity index (χ2v) is 4.95. The van der Waals surface area contributed by atoms with Gasteiger partial charge in [0.2, 0.25) is 0 Å². The van der Waals surface area contributed by atoms with Gasteiger partial charge in [0.25, 0.3) is 0 Å². The van der Waals surface area contributed by atoms with Gasteiger partial charge in [-0.2, -0.15) is 0 Å². The first kappa shape index (κ1) is 10.2. The Morgan fingerprint density at radius 2 is 2.25 bits per heavy atom. The lowest BCUT2D eigenvalue weighted by atomic mass is 9.93. The molecule has 0 aromatic heterocycles. The van der Waals surface area contributed by atoms with Gasteiger partial charge in [-0.25, -0.2) is 0 Å². The molecule has 1 aromatic rings. The number of hydrogen-bond acceptors (Lipinski definition) is 2. The van der Waals surface area contributed by atoms with Gasteiger partial charge >= 0.3 is 0 Å². The first-order valence-corrected chi connectivity index (χ1v) is 6.51. The highest BCUT2D eigenvalue weighted by atomic mass is 14.9. The van der Waals surface area contributed by atoms with E-state index in [4.69, 9.17) is 0 Å². The first-order valence-electron chi connectivity index (χ1n) is 6.51. The Morgan fingerprint density at radius 1 is 1.31 bits per heavy atom. The van der Waals surface area contributed by atoms with Gasteiger partial charge in [0.05, 0.1) is 0 Å². The molecule has 2 N–H and O–H groups in total. The Hall–Kier alpha value is -1.02. The summed E-state index contributed by atoms with van der Waals surface area (Å²) in [7, 11) is 0. The second-order valence-electron chi connectivity index (χ2n) is 4.95. The number of rotatable bonds is 4. The third-order valence-electron chi connectivity index (χ3n) is 3.90. The van der Waals surface area contributed by atoms with E-state index in [9.17, 15) is 0 Å². The minimum absolute atomic E-state index is 0.815. The van der Waals surface area contributed by atoms with Gasteiger partial charge in [0, 0.05) is 18.3 Å². The molecule has 2 heteroatoms. The molecule has 0 unspecified atom stereocenters. The van der Waals surface area contributed by atoms with Gasteiger partial charge in [0.15, 0.2) is 0 Å². The first-order chi connectivity index (χ1) is 7.93. The zero-order valence-electron chi connectivity index (χ0n) is 9.76. The molecule has 1 aliphatic carbocycles. The highest BCUT2D eigenvalue weighted by molar-refractivity contribution is 5.58. The smallest absolute Gasteiger partial charge is 0.0376 e. The average Bonchev–Trinajstić information content (AvgIpc) is 2.70. The molecule has 1 heterocycles.